The highest BCUT2D eigenvalue weighted by Crippen LogP contribution is 2.30. The zero-order valence-corrected chi connectivity index (χ0v) is 32.2. The summed E-state index contributed by atoms with van der Waals surface area (Å²) in [5, 5.41) is 0. The first-order valence-corrected chi connectivity index (χ1v) is 18.2. The van der Waals surface area contributed by atoms with Gasteiger partial charge in [-0.25, -0.2) is 9.97 Å². The minimum absolute atomic E-state index is 0.863. The van der Waals surface area contributed by atoms with Crippen LogP contribution in [0.15, 0.2) is 43.1 Å². The van der Waals surface area contributed by atoms with Crippen LogP contribution >= 0.6 is 22.6 Å². The first kappa shape index (κ1) is 44.9. The van der Waals surface area contributed by atoms with Gasteiger partial charge in [-0.2, -0.15) is 0 Å². The number of hydrogen-bond donors (Lipinski definition) is 0. The lowest BCUT2D eigenvalue weighted by Crippen LogP contribution is -2.04. The molecule has 0 atom stereocenters. The van der Waals surface area contributed by atoms with Gasteiger partial charge in [-0.1, -0.05) is 178 Å². The average Bonchev–Trinajstić information content (AvgIpc) is 3.01. The van der Waals surface area contributed by atoms with Crippen LogP contribution in [0.1, 0.15) is 163 Å². The zero-order valence-electron chi connectivity index (χ0n) is 30.1. The fourth-order valence-electron chi connectivity index (χ4n) is 3.54. The summed E-state index contributed by atoms with van der Waals surface area (Å²) in [7, 11) is 0. The molecule has 0 N–H and O–H groups in total. The van der Waals surface area contributed by atoms with Crippen molar-refractivity contribution in [1.29, 1.82) is 0 Å². The van der Waals surface area contributed by atoms with Gasteiger partial charge in [0, 0.05) is 27.8 Å². The third kappa shape index (κ3) is 23.0. The van der Waals surface area contributed by atoms with E-state index < -0.39 is 0 Å². The first-order chi connectivity index (χ1) is 20.1. The maximum atomic E-state index is 4.55. The highest BCUT2D eigenvalue weighted by molar-refractivity contribution is 14.1. The van der Waals surface area contributed by atoms with Crippen molar-refractivity contribution in [3.05, 3.63) is 65.8 Å². The number of halogens is 1. The van der Waals surface area contributed by atoms with E-state index in [-0.39, 0.29) is 0 Å². The van der Waals surface area contributed by atoms with Gasteiger partial charge in [0.05, 0.1) is 0 Å². The predicted octanol–water partition coefficient (Wildman–Crippen LogP) is 14.1. The molecule has 1 aromatic carbocycles. The third-order valence-electron chi connectivity index (χ3n) is 6.60. The largest absolute Gasteiger partial charge is 0.241 e. The zero-order chi connectivity index (χ0) is 32.9. The molecular formula is C39H69IN2. The number of unbranched alkanes of at least 4 members (excludes halogenated alkanes) is 4. The van der Waals surface area contributed by atoms with Crippen molar-refractivity contribution in [2.24, 2.45) is 0 Å². The number of aromatic nitrogens is 2. The topological polar surface area (TPSA) is 25.8 Å². The number of alkyl halides is 1. The molecule has 2 nitrogen and oxygen atoms in total. The van der Waals surface area contributed by atoms with E-state index in [4.69, 9.17) is 0 Å². The summed E-state index contributed by atoms with van der Waals surface area (Å²) in [6, 6.07) is 6.43. The fraction of sp³-hybridized carbons (Fsp3) is 0.641. The molecule has 3 heteroatoms. The van der Waals surface area contributed by atoms with Crippen molar-refractivity contribution in [2.45, 2.75) is 164 Å². The molecule has 2 aromatic rings. The van der Waals surface area contributed by atoms with Gasteiger partial charge in [0.25, 0.3) is 0 Å². The summed E-state index contributed by atoms with van der Waals surface area (Å²) in [5.41, 5.74) is 8.23. The number of aryl methyl sites for hydroxylation is 3. The summed E-state index contributed by atoms with van der Waals surface area (Å²) in [4.78, 5) is 8.97. The van der Waals surface area contributed by atoms with Gasteiger partial charge in [-0.05, 0) is 57.6 Å². The average molecular weight is 693 g/mol. The summed E-state index contributed by atoms with van der Waals surface area (Å²) < 4.78 is 0.929. The Morgan fingerprint density at radius 3 is 1.67 bits per heavy atom. The van der Waals surface area contributed by atoms with Crippen LogP contribution < -0.4 is 0 Å². The molecule has 242 valence electrons. The number of rotatable bonds is 7. The molecule has 3 rings (SSSR count). The lowest BCUT2D eigenvalue weighted by Gasteiger charge is -2.17. The molecule has 0 spiro atoms. The molecule has 1 aliphatic rings. The molecule has 42 heavy (non-hydrogen) atoms. The Morgan fingerprint density at radius 2 is 1.33 bits per heavy atom. The summed E-state index contributed by atoms with van der Waals surface area (Å²) in [6.07, 6.45) is 17.4. The highest BCUT2D eigenvalue weighted by atomic mass is 127. The maximum absolute atomic E-state index is 4.55. The SMILES string of the molecule is C=C(C)c1cc(C)ccc1-c1cnc(CC)nc1C.C=C1CCC(I)CC1.CC.CCCC.CCCC.CCCCC. The predicted molar refractivity (Wildman–Crippen MR) is 204 cm³/mol. The van der Waals surface area contributed by atoms with Crippen LogP contribution in [-0.4, -0.2) is 13.9 Å². The third-order valence-corrected chi connectivity index (χ3v) is 7.85. The van der Waals surface area contributed by atoms with Gasteiger partial charge >= 0.3 is 0 Å². The molecular weight excluding hydrogens is 623 g/mol. The van der Waals surface area contributed by atoms with Crippen LogP contribution in [0.2, 0.25) is 0 Å². The number of hydrogen-bond acceptors (Lipinski definition) is 2. The van der Waals surface area contributed by atoms with E-state index in [2.05, 4.69) is 119 Å². The quantitative estimate of drug-likeness (QED) is 0.164. The van der Waals surface area contributed by atoms with Crippen LogP contribution in [0.25, 0.3) is 16.7 Å². The Labute approximate surface area is 277 Å². The van der Waals surface area contributed by atoms with E-state index in [9.17, 15) is 0 Å². The van der Waals surface area contributed by atoms with E-state index in [0.29, 0.717) is 0 Å². The minimum atomic E-state index is 0.863. The fourth-order valence-corrected chi connectivity index (χ4v) is 4.16. The van der Waals surface area contributed by atoms with Gasteiger partial charge < -0.3 is 0 Å². The second kappa shape index (κ2) is 31.0. The Balaban J connectivity index is -0.000000544. The summed E-state index contributed by atoms with van der Waals surface area (Å²) in [6.45, 7) is 33.4. The van der Waals surface area contributed by atoms with E-state index in [1.807, 2.05) is 33.9 Å². The van der Waals surface area contributed by atoms with Crippen molar-refractivity contribution in [1.82, 2.24) is 9.97 Å². The van der Waals surface area contributed by atoms with Crippen molar-refractivity contribution in [3.8, 4) is 11.1 Å². The first-order valence-electron chi connectivity index (χ1n) is 17.0. The van der Waals surface area contributed by atoms with Crippen LogP contribution in [-0.2, 0) is 6.42 Å². The molecule has 1 heterocycles. The van der Waals surface area contributed by atoms with Gasteiger partial charge in [0.1, 0.15) is 5.82 Å². The summed E-state index contributed by atoms with van der Waals surface area (Å²) in [5.74, 6) is 0.894. The molecule has 1 fully saturated rings. The smallest absolute Gasteiger partial charge is 0.128 e. The Morgan fingerprint density at radius 1 is 0.833 bits per heavy atom. The van der Waals surface area contributed by atoms with Crippen molar-refractivity contribution in [3.63, 3.8) is 0 Å². The molecule has 1 aromatic heterocycles. The van der Waals surface area contributed by atoms with E-state index in [1.165, 1.54) is 92.9 Å². The van der Waals surface area contributed by atoms with Gasteiger partial charge in [0.2, 0.25) is 0 Å². The van der Waals surface area contributed by atoms with Crippen molar-refractivity contribution in [2.75, 3.05) is 0 Å². The second-order valence-corrected chi connectivity index (χ2v) is 12.5. The molecule has 0 saturated heterocycles. The summed E-state index contributed by atoms with van der Waals surface area (Å²) >= 11 is 2.53. The van der Waals surface area contributed by atoms with Gasteiger partial charge in [-0.3, -0.25) is 0 Å². The molecule has 1 aliphatic carbocycles. The van der Waals surface area contributed by atoms with E-state index in [1.54, 1.807) is 0 Å². The van der Waals surface area contributed by atoms with Crippen molar-refractivity contribution >= 4 is 28.2 Å². The van der Waals surface area contributed by atoms with Crippen LogP contribution in [0.5, 0.6) is 0 Å². The number of allylic oxidation sites excluding steroid dienone is 2. The van der Waals surface area contributed by atoms with Crippen LogP contribution in [0.4, 0.5) is 0 Å². The molecule has 1 saturated carbocycles. The molecule has 0 bridgehead atoms. The Bertz CT molecular complexity index is 912. The monoisotopic (exact) mass is 692 g/mol. The molecule has 0 radical (unpaired) electrons. The lowest BCUT2D eigenvalue weighted by atomic mass is 9.94. The minimum Gasteiger partial charge on any atom is -0.241 e. The lowest BCUT2D eigenvalue weighted by molar-refractivity contribution is 0.633. The molecule has 0 unspecified atom stereocenters. The standard InChI is InChI=1S/C17H20N2.C7H11I.C5H12.2C4H10.C2H6/c1-6-17-18-10-16(13(5)19-17)14-8-7-12(4)9-15(14)11(2)3;1-6-2-4-7(8)5-3-6;1-3-5-4-2;2*1-3-4-2;1-2/h7-10H,2,6H2,1,3-5H3;7H,1-5H2;3-5H2,1-2H3;2*3-4H2,1-2H3;1-2H3. The van der Waals surface area contributed by atoms with Gasteiger partial charge in [0.15, 0.2) is 0 Å². The van der Waals surface area contributed by atoms with Gasteiger partial charge in [-0.15, -0.1) is 0 Å². The van der Waals surface area contributed by atoms with Crippen LogP contribution in [0, 0.1) is 13.8 Å². The maximum Gasteiger partial charge on any atom is 0.128 e. The Hall–Kier alpha value is -1.49. The normalized spacial score (nSPS) is 11.9. The van der Waals surface area contributed by atoms with Crippen LogP contribution in [0.3, 0.4) is 0 Å². The second-order valence-electron chi connectivity index (χ2n) is 10.7. The van der Waals surface area contributed by atoms with Crippen molar-refractivity contribution < 1.29 is 0 Å². The Kier molecular flexibility index (Phi) is 33.1. The molecule has 0 amide bonds. The highest BCUT2D eigenvalue weighted by Gasteiger charge is 2.11. The molecule has 0 aliphatic heterocycles. The van der Waals surface area contributed by atoms with E-state index >= 15 is 0 Å². The van der Waals surface area contributed by atoms with E-state index in [0.717, 1.165) is 33.0 Å². The number of benzene rings is 1. The number of nitrogens with zero attached hydrogens (tertiary/aromatic N) is 2.